The van der Waals surface area contributed by atoms with E-state index in [0.29, 0.717) is 13.0 Å². The number of benzene rings is 1. The van der Waals surface area contributed by atoms with Gasteiger partial charge >= 0.3 is 6.18 Å². The van der Waals surface area contributed by atoms with E-state index in [0.717, 1.165) is 16.4 Å². The van der Waals surface area contributed by atoms with E-state index in [1.807, 2.05) is 24.3 Å². The monoisotopic (exact) mass is 319 g/mol. The molecule has 0 bridgehead atoms. The summed E-state index contributed by atoms with van der Waals surface area (Å²) in [5, 5.41) is 3.39. The Labute approximate surface area is 110 Å². The summed E-state index contributed by atoms with van der Waals surface area (Å²) in [7, 11) is 0. The highest BCUT2D eigenvalue weighted by Crippen LogP contribution is 2.25. The van der Waals surface area contributed by atoms with Gasteiger partial charge in [-0.15, -0.1) is 5.10 Å². The Morgan fingerprint density at radius 3 is 2.56 bits per heavy atom. The van der Waals surface area contributed by atoms with Crippen LogP contribution in [0.4, 0.5) is 13.2 Å². The third-order valence-electron chi connectivity index (χ3n) is 2.36. The molecule has 0 N–H and O–H groups in total. The molecule has 7 heteroatoms. The lowest BCUT2D eigenvalue weighted by atomic mass is 10.1. The van der Waals surface area contributed by atoms with Gasteiger partial charge in [-0.1, -0.05) is 34.1 Å². The fourth-order valence-electron chi connectivity index (χ4n) is 1.47. The van der Waals surface area contributed by atoms with Crippen molar-refractivity contribution < 1.29 is 13.2 Å². The van der Waals surface area contributed by atoms with Gasteiger partial charge in [-0.3, -0.25) is 4.68 Å². The standard InChI is InChI=1S/C11H9BrF3N3/c12-9-4-2-1-3-8(9)5-6-18-7-16-10(17-18)11(13,14)15/h1-4,7H,5-6H2. The maximum absolute atomic E-state index is 12.3. The molecule has 1 aromatic heterocycles. The molecule has 0 saturated heterocycles. The third kappa shape index (κ3) is 3.10. The normalized spacial score (nSPS) is 11.8. The smallest absolute Gasteiger partial charge is 0.252 e. The van der Waals surface area contributed by atoms with E-state index in [4.69, 9.17) is 0 Å². The lowest BCUT2D eigenvalue weighted by Gasteiger charge is -2.04. The summed E-state index contributed by atoms with van der Waals surface area (Å²) >= 11 is 3.38. The van der Waals surface area contributed by atoms with Gasteiger partial charge in [0.25, 0.3) is 5.82 Å². The van der Waals surface area contributed by atoms with Gasteiger partial charge in [-0.25, -0.2) is 4.98 Å². The minimum absolute atomic E-state index is 0.353. The molecule has 0 aliphatic rings. The van der Waals surface area contributed by atoms with Crippen LogP contribution in [0.15, 0.2) is 35.1 Å². The minimum atomic E-state index is -4.49. The molecule has 2 aromatic rings. The number of rotatable bonds is 3. The van der Waals surface area contributed by atoms with Gasteiger partial charge in [0.05, 0.1) is 0 Å². The molecular weight excluding hydrogens is 311 g/mol. The molecule has 0 spiro atoms. The summed E-state index contributed by atoms with van der Waals surface area (Å²) in [6.45, 7) is 0.353. The Kier molecular flexibility index (Phi) is 3.70. The first kappa shape index (κ1) is 13.1. The molecule has 0 amide bonds. The molecule has 0 saturated carbocycles. The number of aryl methyl sites for hydroxylation is 2. The Morgan fingerprint density at radius 2 is 1.94 bits per heavy atom. The van der Waals surface area contributed by atoms with Gasteiger partial charge in [0, 0.05) is 11.0 Å². The molecule has 0 fully saturated rings. The minimum Gasteiger partial charge on any atom is -0.252 e. The second-order valence-corrected chi connectivity index (χ2v) is 4.52. The van der Waals surface area contributed by atoms with E-state index < -0.39 is 12.0 Å². The van der Waals surface area contributed by atoms with Gasteiger partial charge in [-0.05, 0) is 18.1 Å². The van der Waals surface area contributed by atoms with Crippen molar-refractivity contribution in [3.8, 4) is 0 Å². The molecule has 0 radical (unpaired) electrons. The summed E-state index contributed by atoms with van der Waals surface area (Å²) in [5.41, 5.74) is 1.02. The van der Waals surface area contributed by atoms with Crippen molar-refractivity contribution in [1.82, 2.24) is 14.8 Å². The van der Waals surface area contributed by atoms with Gasteiger partial charge < -0.3 is 0 Å². The summed E-state index contributed by atoms with van der Waals surface area (Å²) in [6.07, 6.45) is -2.81. The zero-order valence-electron chi connectivity index (χ0n) is 9.15. The summed E-state index contributed by atoms with van der Waals surface area (Å²) < 4.78 is 39.0. The van der Waals surface area contributed by atoms with Crippen LogP contribution in [0, 0.1) is 0 Å². The van der Waals surface area contributed by atoms with E-state index in [2.05, 4.69) is 26.0 Å². The van der Waals surface area contributed by atoms with Crippen molar-refractivity contribution in [3.63, 3.8) is 0 Å². The van der Waals surface area contributed by atoms with Gasteiger partial charge in [-0.2, -0.15) is 13.2 Å². The van der Waals surface area contributed by atoms with Gasteiger partial charge in [0.2, 0.25) is 0 Å². The molecule has 2 rings (SSSR count). The van der Waals surface area contributed by atoms with Crippen molar-refractivity contribution in [3.05, 3.63) is 46.5 Å². The lowest BCUT2D eigenvalue weighted by molar-refractivity contribution is -0.145. The second-order valence-electron chi connectivity index (χ2n) is 3.67. The first-order valence-corrected chi connectivity index (χ1v) is 5.96. The highest BCUT2D eigenvalue weighted by atomic mass is 79.9. The lowest BCUT2D eigenvalue weighted by Crippen LogP contribution is -2.09. The van der Waals surface area contributed by atoms with Crippen molar-refractivity contribution in [2.45, 2.75) is 19.1 Å². The predicted molar refractivity (Wildman–Crippen MR) is 62.9 cm³/mol. The van der Waals surface area contributed by atoms with Crippen LogP contribution in [0.5, 0.6) is 0 Å². The zero-order chi connectivity index (χ0) is 13.2. The molecule has 18 heavy (non-hydrogen) atoms. The van der Waals surface area contributed by atoms with Gasteiger partial charge in [0.1, 0.15) is 6.33 Å². The van der Waals surface area contributed by atoms with Crippen LogP contribution in [-0.2, 0) is 19.1 Å². The molecule has 0 aliphatic heterocycles. The van der Waals surface area contributed by atoms with Crippen molar-refractivity contribution in [2.24, 2.45) is 0 Å². The number of alkyl halides is 3. The Bertz CT molecular complexity index is 536. The summed E-state index contributed by atoms with van der Waals surface area (Å²) in [6, 6.07) is 7.55. The maximum Gasteiger partial charge on any atom is 0.453 e. The number of hydrogen-bond donors (Lipinski definition) is 0. The van der Waals surface area contributed by atoms with Crippen LogP contribution in [0.2, 0.25) is 0 Å². The van der Waals surface area contributed by atoms with E-state index in [1.165, 1.54) is 4.68 Å². The van der Waals surface area contributed by atoms with E-state index >= 15 is 0 Å². The summed E-state index contributed by atoms with van der Waals surface area (Å²) in [5.74, 6) is -1.10. The van der Waals surface area contributed by atoms with Crippen LogP contribution in [0.25, 0.3) is 0 Å². The molecule has 0 unspecified atom stereocenters. The number of hydrogen-bond acceptors (Lipinski definition) is 2. The van der Waals surface area contributed by atoms with E-state index in [-0.39, 0.29) is 0 Å². The molecular formula is C11H9BrF3N3. The van der Waals surface area contributed by atoms with Crippen LogP contribution < -0.4 is 0 Å². The molecule has 1 heterocycles. The van der Waals surface area contributed by atoms with E-state index in [1.54, 1.807) is 0 Å². The largest absolute Gasteiger partial charge is 0.453 e. The highest BCUT2D eigenvalue weighted by molar-refractivity contribution is 9.10. The first-order valence-electron chi connectivity index (χ1n) is 5.17. The fraction of sp³-hybridized carbons (Fsp3) is 0.273. The topological polar surface area (TPSA) is 30.7 Å². The molecule has 96 valence electrons. The Morgan fingerprint density at radius 1 is 1.22 bits per heavy atom. The number of nitrogens with zero attached hydrogens (tertiary/aromatic N) is 3. The Hall–Kier alpha value is -1.37. The van der Waals surface area contributed by atoms with Crippen molar-refractivity contribution >= 4 is 15.9 Å². The molecule has 0 aliphatic carbocycles. The van der Waals surface area contributed by atoms with Crippen molar-refractivity contribution in [2.75, 3.05) is 0 Å². The number of halogens is 4. The predicted octanol–water partition coefficient (Wildman–Crippen LogP) is 3.30. The van der Waals surface area contributed by atoms with E-state index in [9.17, 15) is 13.2 Å². The van der Waals surface area contributed by atoms with Crippen LogP contribution >= 0.6 is 15.9 Å². The van der Waals surface area contributed by atoms with Crippen LogP contribution in [0.3, 0.4) is 0 Å². The average Bonchev–Trinajstić information content (AvgIpc) is 2.76. The highest BCUT2D eigenvalue weighted by Gasteiger charge is 2.35. The summed E-state index contributed by atoms with van der Waals surface area (Å²) in [4.78, 5) is 3.24. The average molecular weight is 320 g/mol. The molecule has 1 aromatic carbocycles. The third-order valence-corrected chi connectivity index (χ3v) is 3.13. The number of aromatic nitrogens is 3. The maximum atomic E-state index is 12.3. The zero-order valence-corrected chi connectivity index (χ0v) is 10.7. The SMILES string of the molecule is FC(F)(F)c1ncn(CCc2ccccc2Br)n1. The van der Waals surface area contributed by atoms with Crippen molar-refractivity contribution in [1.29, 1.82) is 0 Å². The van der Waals surface area contributed by atoms with Gasteiger partial charge in [0.15, 0.2) is 0 Å². The van der Waals surface area contributed by atoms with Crippen LogP contribution in [0.1, 0.15) is 11.4 Å². The van der Waals surface area contributed by atoms with Crippen LogP contribution in [-0.4, -0.2) is 14.8 Å². The second kappa shape index (κ2) is 5.09. The molecule has 0 atom stereocenters. The molecule has 3 nitrogen and oxygen atoms in total. The Balaban J connectivity index is 2.03. The quantitative estimate of drug-likeness (QED) is 0.869. The first-order chi connectivity index (χ1) is 8.47. The fourth-order valence-corrected chi connectivity index (χ4v) is 1.95.